The van der Waals surface area contributed by atoms with Gasteiger partial charge in [-0.2, -0.15) is 0 Å². The number of hydrogen-bond donors (Lipinski definition) is 2. The van der Waals surface area contributed by atoms with Gasteiger partial charge in [-0.1, -0.05) is 36.0 Å². The van der Waals surface area contributed by atoms with Gasteiger partial charge >= 0.3 is 0 Å². The average molecular weight is 404 g/mol. The zero-order chi connectivity index (χ0) is 19.1. The summed E-state index contributed by atoms with van der Waals surface area (Å²) in [6, 6.07) is 9.56. The van der Waals surface area contributed by atoms with Gasteiger partial charge in [0.2, 0.25) is 5.95 Å². The van der Waals surface area contributed by atoms with Gasteiger partial charge in [0.05, 0.1) is 5.52 Å². The minimum atomic E-state index is 0.474. The van der Waals surface area contributed by atoms with Crippen LogP contribution in [0.1, 0.15) is 31.4 Å². The molecule has 2 heterocycles. The summed E-state index contributed by atoms with van der Waals surface area (Å²) < 4.78 is 0. The number of hydrogen-bond acceptors (Lipinski definition) is 5. The third-order valence-electron chi connectivity index (χ3n) is 4.23. The van der Waals surface area contributed by atoms with Crippen LogP contribution in [0.2, 0.25) is 10.2 Å². The van der Waals surface area contributed by atoms with Gasteiger partial charge in [0, 0.05) is 41.1 Å². The third-order valence-corrected chi connectivity index (χ3v) is 4.66. The van der Waals surface area contributed by atoms with Crippen molar-refractivity contribution >= 4 is 45.7 Å². The SMILES string of the molecule is Cc1cc(Cl)nc(NCCCCCCNc2ccnc3cc(Cl)ccc23)n1. The van der Waals surface area contributed by atoms with Crippen molar-refractivity contribution in [3.8, 4) is 0 Å². The van der Waals surface area contributed by atoms with Crippen LogP contribution in [-0.2, 0) is 0 Å². The minimum Gasteiger partial charge on any atom is -0.384 e. The lowest BCUT2D eigenvalue weighted by Crippen LogP contribution is -2.06. The van der Waals surface area contributed by atoms with Crippen molar-refractivity contribution in [2.45, 2.75) is 32.6 Å². The normalized spacial score (nSPS) is 10.9. The van der Waals surface area contributed by atoms with E-state index in [1.807, 2.05) is 37.4 Å². The molecule has 0 radical (unpaired) electrons. The molecule has 5 nitrogen and oxygen atoms in total. The number of rotatable bonds is 9. The first-order valence-electron chi connectivity index (χ1n) is 9.15. The molecule has 27 heavy (non-hydrogen) atoms. The minimum absolute atomic E-state index is 0.474. The fourth-order valence-corrected chi connectivity index (χ4v) is 3.32. The number of aryl methyl sites for hydroxylation is 1. The van der Waals surface area contributed by atoms with E-state index in [0.717, 1.165) is 54.6 Å². The van der Waals surface area contributed by atoms with Crippen molar-refractivity contribution in [3.05, 3.63) is 52.4 Å². The molecule has 0 saturated heterocycles. The van der Waals surface area contributed by atoms with Crippen molar-refractivity contribution in [2.75, 3.05) is 23.7 Å². The lowest BCUT2D eigenvalue weighted by molar-refractivity contribution is 0.669. The molecule has 0 amide bonds. The van der Waals surface area contributed by atoms with Crippen molar-refractivity contribution in [1.82, 2.24) is 15.0 Å². The van der Waals surface area contributed by atoms with Crippen LogP contribution in [0, 0.1) is 6.92 Å². The highest BCUT2D eigenvalue weighted by molar-refractivity contribution is 6.31. The third kappa shape index (κ3) is 5.94. The lowest BCUT2D eigenvalue weighted by atomic mass is 10.1. The highest BCUT2D eigenvalue weighted by Gasteiger charge is 2.02. The molecule has 2 aromatic heterocycles. The van der Waals surface area contributed by atoms with E-state index in [1.165, 1.54) is 6.42 Å². The molecule has 0 atom stereocenters. The molecule has 0 saturated carbocycles. The van der Waals surface area contributed by atoms with Crippen LogP contribution in [0.4, 0.5) is 11.6 Å². The van der Waals surface area contributed by atoms with Gasteiger partial charge in [-0.15, -0.1) is 0 Å². The molecule has 2 N–H and O–H groups in total. The van der Waals surface area contributed by atoms with E-state index in [0.29, 0.717) is 16.1 Å². The molecule has 7 heteroatoms. The highest BCUT2D eigenvalue weighted by atomic mass is 35.5. The van der Waals surface area contributed by atoms with Gasteiger partial charge in [0.1, 0.15) is 5.15 Å². The number of unbranched alkanes of at least 4 members (excludes halogenated alkanes) is 3. The van der Waals surface area contributed by atoms with Gasteiger partial charge in [-0.25, -0.2) is 9.97 Å². The Balaban J connectivity index is 1.34. The molecule has 3 aromatic rings. The quantitative estimate of drug-likeness (QED) is 0.353. The Morgan fingerprint density at radius 1 is 0.889 bits per heavy atom. The maximum Gasteiger partial charge on any atom is 0.224 e. The smallest absolute Gasteiger partial charge is 0.224 e. The van der Waals surface area contributed by atoms with Crippen LogP contribution in [-0.4, -0.2) is 28.0 Å². The second-order valence-corrected chi connectivity index (χ2v) is 7.27. The average Bonchev–Trinajstić information content (AvgIpc) is 2.63. The van der Waals surface area contributed by atoms with Gasteiger partial charge in [0.15, 0.2) is 0 Å². The predicted molar refractivity (Wildman–Crippen MR) is 114 cm³/mol. The monoisotopic (exact) mass is 403 g/mol. The molecule has 0 bridgehead atoms. The number of aromatic nitrogens is 3. The van der Waals surface area contributed by atoms with E-state index in [-0.39, 0.29) is 0 Å². The molecule has 0 spiro atoms. The van der Waals surface area contributed by atoms with Crippen molar-refractivity contribution in [1.29, 1.82) is 0 Å². The maximum absolute atomic E-state index is 6.03. The van der Waals surface area contributed by atoms with Crippen LogP contribution in [0.3, 0.4) is 0 Å². The Bertz CT molecular complexity index is 880. The summed E-state index contributed by atoms with van der Waals surface area (Å²) in [5, 5.41) is 9.01. The number of benzene rings is 1. The van der Waals surface area contributed by atoms with Gasteiger partial charge in [-0.3, -0.25) is 4.98 Å². The summed E-state index contributed by atoms with van der Waals surface area (Å²) in [4.78, 5) is 12.8. The van der Waals surface area contributed by atoms with Crippen LogP contribution >= 0.6 is 23.2 Å². The van der Waals surface area contributed by atoms with Crippen LogP contribution in [0.5, 0.6) is 0 Å². The molecule has 0 fully saturated rings. The largest absolute Gasteiger partial charge is 0.384 e. The standard InChI is InChI=1S/C20H23Cl2N5/c1-14-12-19(22)27-20(26-14)25-10-5-3-2-4-9-23-17-8-11-24-18-13-15(21)6-7-16(17)18/h6-8,11-13H,2-5,9-10H2,1H3,(H,23,24)(H,25,26,27). The second-order valence-electron chi connectivity index (χ2n) is 6.44. The van der Waals surface area contributed by atoms with E-state index >= 15 is 0 Å². The number of nitrogens with one attached hydrogen (secondary N) is 2. The number of halogens is 2. The topological polar surface area (TPSA) is 62.7 Å². The molecular formula is C20H23Cl2N5. The first-order valence-corrected chi connectivity index (χ1v) is 9.90. The number of pyridine rings is 1. The number of fused-ring (bicyclic) bond motifs is 1. The summed E-state index contributed by atoms with van der Waals surface area (Å²) >= 11 is 12.0. The Labute approximate surface area is 169 Å². The summed E-state index contributed by atoms with van der Waals surface area (Å²) in [7, 11) is 0. The molecule has 0 aliphatic rings. The Kier molecular flexibility index (Phi) is 7.07. The molecule has 0 unspecified atom stereocenters. The second kappa shape index (κ2) is 9.72. The fraction of sp³-hybridized carbons (Fsp3) is 0.350. The summed E-state index contributed by atoms with van der Waals surface area (Å²) in [5.74, 6) is 0.603. The molecule has 0 aliphatic carbocycles. The van der Waals surface area contributed by atoms with Crippen molar-refractivity contribution in [2.24, 2.45) is 0 Å². The maximum atomic E-state index is 6.03. The molecular weight excluding hydrogens is 381 g/mol. The Morgan fingerprint density at radius 2 is 1.67 bits per heavy atom. The van der Waals surface area contributed by atoms with Crippen LogP contribution in [0.25, 0.3) is 10.9 Å². The zero-order valence-electron chi connectivity index (χ0n) is 15.3. The fourth-order valence-electron chi connectivity index (χ4n) is 2.91. The van der Waals surface area contributed by atoms with Crippen molar-refractivity contribution in [3.63, 3.8) is 0 Å². The first-order chi connectivity index (χ1) is 13.1. The highest BCUT2D eigenvalue weighted by Crippen LogP contribution is 2.24. The molecule has 3 rings (SSSR count). The number of nitrogens with zero attached hydrogens (tertiary/aromatic N) is 3. The molecule has 0 aliphatic heterocycles. The summed E-state index contributed by atoms with van der Waals surface area (Å²) in [6.45, 7) is 3.70. The van der Waals surface area contributed by atoms with E-state index in [1.54, 1.807) is 6.07 Å². The van der Waals surface area contributed by atoms with E-state index in [2.05, 4.69) is 25.6 Å². The van der Waals surface area contributed by atoms with Gasteiger partial charge < -0.3 is 10.6 Å². The van der Waals surface area contributed by atoms with Gasteiger partial charge in [0.25, 0.3) is 0 Å². The van der Waals surface area contributed by atoms with Crippen LogP contribution in [0.15, 0.2) is 36.5 Å². The summed E-state index contributed by atoms with van der Waals surface area (Å²) in [6.07, 6.45) is 6.32. The zero-order valence-corrected chi connectivity index (χ0v) is 16.8. The van der Waals surface area contributed by atoms with E-state index < -0.39 is 0 Å². The first kappa shape index (κ1) is 19.6. The number of anilines is 2. The molecule has 142 valence electrons. The summed E-state index contributed by atoms with van der Waals surface area (Å²) in [5.41, 5.74) is 2.89. The van der Waals surface area contributed by atoms with Gasteiger partial charge in [-0.05, 0) is 50.1 Å². The Hall–Kier alpha value is -2.11. The van der Waals surface area contributed by atoms with Crippen LogP contribution < -0.4 is 10.6 Å². The van der Waals surface area contributed by atoms with E-state index in [4.69, 9.17) is 23.2 Å². The lowest BCUT2D eigenvalue weighted by Gasteiger charge is -2.10. The Morgan fingerprint density at radius 3 is 2.44 bits per heavy atom. The van der Waals surface area contributed by atoms with E-state index in [9.17, 15) is 0 Å². The molecule has 1 aromatic carbocycles. The predicted octanol–water partition coefficient (Wildman–Crippen LogP) is 5.72. The van der Waals surface area contributed by atoms with Crippen molar-refractivity contribution < 1.29 is 0 Å².